The number of nitrogens with zero attached hydrogens (tertiary/aromatic N) is 2. The molecule has 31 heavy (non-hydrogen) atoms. The molecule has 1 aromatic heterocycles. The Kier molecular flexibility index (Phi) is 9.54. The summed E-state index contributed by atoms with van der Waals surface area (Å²) in [6, 6.07) is 7.23. The van der Waals surface area contributed by atoms with Crippen LogP contribution in [0.2, 0.25) is 5.02 Å². The highest BCUT2D eigenvalue weighted by molar-refractivity contribution is 6.34. The number of carbonyl (C=O) groups is 1. The Morgan fingerprint density at radius 2 is 2.03 bits per heavy atom. The SMILES string of the molecule is CCCCCC(O)(CC)CNC(=O)c1cc(-c2cc(C)n(CC(C)CO)n2)ccc1Cl. The number of carbonyl (C=O) groups excluding carboxylic acids is 1. The number of benzene rings is 1. The molecule has 172 valence electrons. The second-order valence-electron chi connectivity index (χ2n) is 8.55. The van der Waals surface area contributed by atoms with Crippen molar-refractivity contribution < 1.29 is 15.0 Å². The zero-order chi connectivity index (χ0) is 23.0. The van der Waals surface area contributed by atoms with Crippen LogP contribution >= 0.6 is 11.6 Å². The van der Waals surface area contributed by atoms with E-state index in [4.69, 9.17) is 11.6 Å². The maximum Gasteiger partial charge on any atom is 0.252 e. The fourth-order valence-electron chi connectivity index (χ4n) is 3.48. The van der Waals surface area contributed by atoms with Gasteiger partial charge in [-0.05, 0) is 43.9 Å². The average molecular weight is 450 g/mol. The zero-order valence-corrected chi connectivity index (χ0v) is 19.9. The quantitative estimate of drug-likeness (QED) is 0.413. The number of aliphatic hydroxyl groups is 2. The lowest BCUT2D eigenvalue weighted by Gasteiger charge is -2.27. The van der Waals surface area contributed by atoms with Crippen LogP contribution in [0.5, 0.6) is 0 Å². The lowest BCUT2D eigenvalue weighted by molar-refractivity contribution is 0.0247. The Morgan fingerprint density at radius 1 is 1.29 bits per heavy atom. The zero-order valence-electron chi connectivity index (χ0n) is 19.1. The Morgan fingerprint density at radius 3 is 2.68 bits per heavy atom. The number of rotatable bonds is 12. The van der Waals surface area contributed by atoms with Crippen molar-refractivity contribution in [2.24, 2.45) is 5.92 Å². The second kappa shape index (κ2) is 11.7. The third-order valence-corrected chi connectivity index (χ3v) is 6.10. The predicted molar refractivity (Wildman–Crippen MR) is 125 cm³/mol. The van der Waals surface area contributed by atoms with Gasteiger partial charge in [0.15, 0.2) is 0 Å². The molecule has 0 aliphatic heterocycles. The van der Waals surface area contributed by atoms with Gasteiger partial charge in [0, 0.05) is 31.0 Å². The molecule has 0 bridgehead atoms. The van der Waals surface area contributed by atoms with Gasteiger partial charge in [0.2, 0.25) is 0 Å². The van der Waals surface area contributed by atoms with Gasteiger partial charge in [-0.3, -0.25) is 9.48 Å². The van der Waals surface area contributed by atoms with Crippen molar-refractivity contribution in [2.45, 2.75) is 71.9 Å². The third-order valence-electron chi connectivity index (χ3n) is 5.77. The first-order chi connectivity index (χ1) is 14.7. The Hall–Kier alpha value is -1.89. The maximum atomic E-state index is 12.8. The number of unbranched alkanes of at least 4 members (excludes halogenated alkanes) is 2. The molecule has 0 saturated carbocycles. The molecule has 1 amide bonds. The highest BCUT2D eigenvalue weighted by Crippen LogP contribution is 2.26. The highest BCUT2D eigenvalue weighted by atomic mass is 35.5. The normalized spacial score (nSPS) is 14.3. The van der Waals surface area contributed by atoms with Gasteiger partial charge >= 0.3 is 0 Å². The van der Waals surface area contributed by atoms with Crippen molar-refractivity contribution in [3.63, 3.8) is 0 Å². The Labute approximate surface area is 190 Å². The van der Waals surface area contributed by atoms with E-state index in [-0.39, 0.29) is 25.0 Å². The minimum Gasteiger partial charge on any atom is -0.396 e. The molecule has 2 rings (SSSR count). The lowest BCUT2D eigenvalue weighted by atomic mass is 9.93. The van der Waals surface area contributed by atoms with Crippen LogP contribution in [0.3, 0.4) is 0 Å². The molecule has 0 spiro atoms. The van der Waals surface area contributed by atoms with Crippen molar-refractivity contribution in [3.8, 4) is 11.3 Å². The first kappa shape index (κ1) is 25.4. The molecule has 3 N–H and O–H groups in total. The molecule has 0 fully saturated rings. The van der Waals surface area contributed by atoms with Crippen LogP contribution in [-0.4, -0.2) is 44.7 Å². The van der Waals surface area contributed by atoms with Crippen molar-refractivity contribution in [3.05, 3.63) is 40.5 Å². The lowest BCUT2D eigenvalue weighted by Crippen LogP contribution is -2.42. The number of amides is 1. The smallest absolute Gasteiger partial charge is 0.252 e. The predicted octanol–water partition coefficient (Wildman–Crippen LogP) is 4.59. The number of aromatic nitrogens is 2. The fourth-order valence-corrected chi connectivity index (χ4v) is 3.69. The molecule has 0 aliphatic rings. The van der Waals surface area contributed by atoms with Crippen LogP contribution in [-0.2, 0) is 6.54 Å². The van der Waals surface area contributed by atoms with Gasteiger partial charge in [-0.25, -0.2) is 0 Å². The number of aliphatic hydroxyl groups excluding tert-OH is 1. The first-order valence-corrected chi connectivity index (χ1v) is 11.6. The second-order valence-corrected chi connectivity index (χ2v) is 8.96. The van der Waals surface area contributed by atoms with Gasteiger partial charge in [0.1, 0.15) is 0 Å². The van der Waals surface area contributed by atoms with Crippen LogP contribution in [0.4, 0.5) is 0 Å². The molecule has 2 aromatic rings. The Balaban J connectivity index is 2.15. The summed E-state index contributed by atoms with van der Waals surface area (Å²) in [7, 11) is 0. The summed E-state index contributed by atoms with van der Waals surface area (Å²) in [4.78, 5) is 12.8. The van der Waals surface area contributed by atoms with Crippen LogP contribution in [0.15, 0.2) is 24.3 Å². The summed E-state index contributed by atoms with van der Waals surface area (Å²) in [6.07, 6.45) is 4.32. The van der Waals surface area contributed by atoms with E-state index >= 15 is 0 Å². The molecule has 1 heterocycles. The molecule has 0 aliphatic carbocycles. The summed E-state index contributed by atoms with van der Waals surface area (Å²) >= 11 is 6.31. The summed E-state index contributed by atoms with van der Waals surface area (Å²) in [5, 5.41) is 27.9. The average Bonchev–Trinajstić information content (AvgIpc) is 3.12. The minimum atomic E-state index is -0.909. The molecule has 2 unspecified atom stereocenters. The van der Waals surface area contributed by atoms with E-state index in [1.807, 2.05) is 37.6 Å². The van der Waals surface area contributed by atoms with E-state index in [1.54, 1.807) is 12.1 Å². The number of aryl methyl sites for hydroxylation is 1. The van der Waals surface area contributed by atoms with Gasteiger partial charge in [0.05, 0.1) is 21.9 Å². The van der Waals surface area contributed by atoms with Crippen molar-refractivity contribution in [1.82, 2.24) is 15.1 Å². The van der Waals surface area contributed by atoms with Gasteiger partial charge < -0.3 is 15.5 Å². The summed E-state index contributed by atoms with van der Waals surface area (Å²) < 4.78 is 1.86. The minimum absolute atomic E-state index is 0.0997. The molecule has 6 nitrogen and oxygen atoms in total. The highest BCUT2D eigenvalue weighted by Gasteiger charge is 2.25. The Bertz CT molecular complexity index is 868. The van der Waals surface area contributed by atoms with E-state index in [2.05, 4.69) is 17.3 Å². The number of hydrogen-bond acceptors (Lipinski definition) is 4. The number of hydrogen-bond donors (Lipinski definition) is 3. The van der Waals surface area contributed by atoms with E-state index in [9.17, 15) is 15.0 Å². The first-order valence-electron chi connectivity index (χ1n) is 11.2. The molecular formula is C24H36ClN3O3. The van der Waals surface area contributed by atoms with Crippen LogP contribution in [0.25, 0.3) is 11.3 Å². The molecule has 7 heteroatoms. The largest absolute Gasteiger partial charge is 0.396 e. The van der Waals surface area contributed by atoms with E-state index in [1.165, 1.54) is 0 Å². The standard InChI is InChI=1S/C24H36ClN3O3/c1-5-7-8-11-24(31,6-2)16-26-23(30)20-13-19(9-10-21(20)25)22-12-18(4)28(27-22)14-17(3)15-29/h9-10,12-13,17,29,31H,5-8,11,14-16H2,1-4H3,(H,26,30). The van der Waals surface area contributed by atoms with Crippen LogP contribution in [0.1, 0.15) is 68.9 Å². The number of nitrogens with one attached hydrogen (secondary N) is 1. The summed E-state index contributed by atoms with van der Waals surface area (Å²) in [5.74, 6) is -0.202. The maximum absolute atomic E-state index is 12.8. The van der Waals surface area contributed by atoms with Crippen molar-refractivity contribution in [2.75, 3.05) is 13.2 Å². The topological polar surface area (TPSA) is 87.4 Å². The molecule has 0 saturated heterocycles. The monoisotopic (exact) mass is 449 g/mol. The van der Waals surface area contributed by atoms with Gasteiger partial charge in [-0.15, -0.1) is 0 Å². The fraction of sp³-hybridized carbons (Fsp3) is 0.583. The summed E-state index contributed by atoms with van der Waals surface area (Å²) in [6.45, 7) is 8.90. The van der Waals surface area contributed by atoms with Crippen molar-refractivity contribution >= 4 is 17.5 Å². The molecule has 2 atom stereocenters. The molecule has 0 radical (unpaired) electrons. The molecule has 1 aromatic carbocycles. The van der Waals surface area contributed by atoms with Crippen molar-refractivity contribution in [1.29, 1.82) is 0 Å². The third kappa shape index (κ3) is 7.06. The molecular weight excluding hydrogens is 414 g/mol. The van der Waals surface area contributed by atoms with Gasteiger partial charge in [-0.2, -0.15) is 5.10 Å². The van der Waals surface area contributed by atoms with Gasteiger partial charge in [-0.1, -0.05) is 57.7 Å². The van der Waals surface area contributed by atoms with E-state index in [0.717, 1.165) is 36.2 Å². The van der Waals surface area contributed by atoms with Gasteiger partial charge in [0.25, 0.3) is 5.91 Å². The van der Waals surface area contributed by atoms with Crippen LogP contribution in [0, 0.1) is 12.8 Å². The number of halogens is 1. The van der Waals surface area contributed by atoms with Crippen LogP contribution < -0.4 is 5.32 Å². The summed E-state index contributed by atoms with van der Waals surface area (Å²) in [5.41, 5.74) is 1.98. The van der Waals surface area contributed by atoms with E-state index < -0.39 is 5.60 Å². The van der Waals surface area contributed by atoms with E-state index in [0.29, 0.717) is 30.0 Å².